The second-order valence-electron chi connectivity index (χ2n) is 5.29. The Bertz CT molecular complexity index is 818. The molecule has 2 N–H and O–H groups in total. The van der Waals surface area contributed by atoms with E-state index in [0.717, 1.165) is 5.56 Å². The highest BCUT2D eigenvalue weighted by Gasteiger charge is 2.15. The number of carbonyl (C=O) groups excluding carboxylic acids is 2. The predicted octanol–water partition coefficient (Wildman–Crippen LogP) is 3.00. The van der Waals surface area contributed by atoms with Crippen molar-refractivity contribution in [3.63, 3.8) is 0 Å². The molecule has 2 rings (SSSR count). The quantitative estimate of drug-likeness (QED) is 0.716. The van der Waals surface area contributed by atoms with Gasteiger partial charge >= 0.3 is 6.61 Å². The molecule has 2 amide bonds. The van der Waals surface area contributed by atoms with Gasteiger partial charge < -0.3 is 20.1 Å². The normalized spacial score (nSPS) is 10.4. The fourth-order valence-electron chi connectivity index (χ4n) is 2.16. The van der Waals surface area contributed by atoms with Gasteiger partial charge in [-0.25, -0.2) is 0 Å². The number of hydrogen-bond acceptors (Lipinski definition) is 4. The summed E-state index contributed by atoms with van der Waals surface area (Å²) in [6, 6.07) is 10.8. The number of nitrogens with one attached hydrogen (secondary N) is 2. The summed E-state index contributed by atoms with van der Waals surface area (Å²) in [6.45, 7) is -3.05. The van der Waals surface area contributed by atoms with Gasteiger partial charge in [0.15, 0.2) is 11.5 Å². The summed E-state index contributed by atoms with van der Waals surface area (Å²) < 4.78 is 33.9. The second kappa shape index (κ2) is 9.72. The van der Waals surface area contributed by atoms with Crippen LogP contribution in [-0.2, 0) is 11.3 Å². The monoisotopic (exact) mass is 398 g/mol. The molecular formula is C18H17ClF2N2O4. The van der Waals surface area contributed by atoms with E-state index in [2.05, 4.69) is 15.4 Å². The predicted molar refractivity (Wildman–Crippen MR) is 95.3 cm³/mol. The first-order chi connectivity index (χ1) is 12.9. The van der Waals surface area contributed by atoms with Gasteiger partial charge in [0.2, 0.25) is 5.91 Å². The van der Waals surface area contributed by atoms with Gasteiger partial charge in [-0.2, -0.15) is 8.78 Å². The van der Waals surface area contributed by atoms with E-state index in [1.807, 2.05) is 0 Å². The van der Waals surface area contributed by atoms with Crippen molar-refractivity contribution in [1.82, 2.24) is 10.6 Å². The molecule has 0 saturated heterocycles. The summed E-state index contributed by atoms with van der Waals surface area (Å²) in [4.78, 5) is 24.0. The molecule has 0 saturated carbocycles. The molecule has 0 heterocycles. The minimum Gasteiger partial charge on any atom is -0.493 e. The highest BCUT2D eigenvalue weighted by Crippen LogP contribution is 2.29. The first-order valence-corrected chi connectivity index (χ1v) is 8.19. The maximum Gasteiger partial charge on any atom is 0.387 e. The molecule has 0 radical (unpaired) electrons. The van der Waals surface area contributed by atoms with Crippen LogP contribution in [0.1, 0.15) is 15.9 Å². The summed E-state index contributed by atoms with van der Waals surface area (Å²) in [5, 5.41) is 5.59. The van der Waals surface area contributed by atoms with E-state index in [-0.39, 0.29) is 30.2 Å². The van der Waals surface area contributed by atoms with Crippen molar-refractivity contribution in [2.75, 3.05) is 13.7 Å². The molecule has 0 bridgehead atoms. The molecule has 0 aliphatic heterocycles. The van der Waals surface area contributed by atoms with Gasteiger partial charge in [0, 0.05) is 17.1 Å². The maximum atomic E-state index is 12.3. The molecule has 2 aromatic rings. The number of benzene rings is 2. The van der Waals surface area contributed by atoms with Crippen LogP contribution >= 0.6 is 11.6 Å². The zero-order valence-corrected chi connectivity index (χ0v) is 15.1. The second-order valence-corrected chi connectivity index (χ2v) is 5.70. The molecule has 0 spiro atoms. The van der Waals surface area contributed by atoms with Crippen LogP contribution in [0, 0.1) is 0 Å². The molecule has 2 aromatic carbocycles. The first-order valence-electron chi connectivity index (χ1n) is 7.82. The average molecular weight is 399 g/mol. The van der Waals surface area contributed by atoms with Gasteiger partial charge in [0.05, 0.1) is 13.7 Å². The highest BCUT2D eigenvalue weighted by molar-refractivity contribution is 6.31. The highest BCUT2D eigenvalue weighted by atomic mass is 35.5. The molecule has 0 aliphatic carbocycles. The summed E-state index contributed by atoms with van der Waals surface area (Å²) in [7, 11) is 1.26. The lowest BCUT2D eigenvalue weighted by molar-refractivity contribution is -0.120. The minimum absolute atomic E-state index is 0.0221. The van der Waals surface area contributed by atoms with Crippen molar-refractivity contribution in [1.29, 1.82) is 0 Å². The van der Waals surface area contributed by atoms with Crippen molar-refractivity contribution in [2.45, 2.75) is 13.2 Å². The fraction of sp³-hybridized carbons (Fsp3) is 0.222. The Morgan fingerprint density at radius 1 is 1.11 bits per heavy atom. The maximum absolute atomic E-state index is 12.3. The third-order valence-electron chi connectivity index (χ3n) is 3.49. The standard InChI is InChI=1S/C18H17ClF2N2O4/c1-26-15-8-11(6-7-14(15)27-18(20)21)17(25)23-10-16(24)22-9-12-4-2-3-5-13(12)19/h2-8,18H,9-10H2,1H3,(H,22,24)(H,23,25). The van der Waals surface area contributed by atoms with Crippen LogP contribution in [-0.4, -0.2) is 32.1 Å². The van der Waals surface area contributed by atoms with Crippen LogP contribution in [0.25, 0.3) is 0 Å². The van der Waals surface area contributed by atoms with Crippen LogP contribution in [0.5, 0.6) is 11.5 Å². The Morgan fingerprint density at radius 3 is 2.52 bits per heavy atom. The Morgan fingerprint density at radius 2 is 1.85 bits per heavy atom. The van der Waals surface area contributed by atoms with Crippen LogP contribution < -0.4 is 20.1 Å². The van der Waals surface area contributed by atoms with E-state index < -0.39 is 18.4 Å². The summed E-state index contributed by atoms with van der Waals surface area (Å²) in [6.07, 6.45) is 0. The minimum atomic E-state index is -3.01. The smallest absolute Gasteiger partial charge is 0.387 e. The SMILES string of the molecule is COc1cc(C(=O)NCC(=O)NCc2ccccc2Cl)ccc1OC(F)F. The number of amides is 2. The van der Waals surface area contributed by atoms with Crippen molar-refractivity contribution in [3.8, 4) is 11.5 Å². The van der Waals surface area contributed by atoms with Crippen LogP contribution in [0.15, 0.2) is 42.5 Å². The zero-order valence-electron chi connectivity index (χ0n) is 14.3. The Balaban J connectivity index is 1.89. The van der Waals surface area contributed by atoms with Crippen LogP contribution in [0.4, 0.5) is 8.78 Å². The van der Waals surface area contributed by atoms with Crippen molar-refractivity contribution in [2.24, 2.45) is 0 Å². The van der Waals surface area contributed by atoms with E-state index in [1.165, 1.54) is 25.3 Å². The Labute approximate surface area is 159 Å². The van der Waals surface area contributed by atoms with Gasteiger partial charge in [0.1, 0.15) is 0 Å². The first kappa shape index (κ1) is 20.4. The van der Waals surface area contributed by atoms with Gasteiger partial charge in [0.25, 0.3) is 5.91 Å². The van der Waals surface area contributed by atoms with Gasteiger partial charge in [-0.3, -0.25) is 9.59 Å². The molecule has 27 heavy (non-hydrogen) atoms. The van der Waals surface area contributed by atoms with E-state index >= 15 is 0 Å². The summed E-state index contributed by atoms with van der Waals surface area (Å²) >= 11 is 6.00. The molecule has 0 unspecified atom stereocenters. The van der Waals surface area contributed by atoms with E-state index in [0.29, 0.717) is 5.02 Å². The lowest BCUT2D eigenvalue weighted by Crippen LogP contribution is -2.36. The Kier molecular flexibility index (Phi) is 7.36. The molecular weight excluding hydrogens is 382 g/mol. The molecule has 0 fully saturated rings. The molecule has 144 valence electrons. The molecule has 0 atom stereocenters. The fourth-order valence-corrected chi connectivity index (χ4v) is 2.37. The van der Waals surface area contributed by atoms with Crippen molar-refractivity contribution >= 4 is 23.4 Å². The number of alkyl halides is 2. The molecule has 0 aliphatic rings. The lowest BCUT2D eigenvalue weighted by Gasteiger charge is -2.12. The number of methoxy groups -OCH3 is 1. The number of carbonyl (C=O) groups is 2. The number of hydrogen-bond donors (Lipinski definition) is 2. The van der Waals surface area contributed by atoms with Gasteiger partial charge in [-0.15, -0.1) is 0 Å². The van der Waals surface area contributed by atoms with Crippen LogP contribution in [0.2, 0.25) is 5.02 Å². The molecule has 9 heteroatoms. The van der Waals surface area contributed by atoms with Gasteiger partial charge in [-0.05, 0) is 29.8 Å². The summed E-state index contributed by atoms with van der Waals surface area (Å²) in [5.74, 6) is -1.19. The Hall–Kier alpha value is -2.87. The third kappa shape index (κ3) is 6.10. The van der Waals surface area contributed by atoms with E-state index in [4.69, 9.17) is 16.3 Å². The molecule has 6 nitrogen and oxygen atoms in total. The van der Waals surface area contributed by atoms with Crippen LogP contribution in [0.3, 0.4) is 0 Å². The number of halogens is 3. The zero-order chi connectivity index (χ0) is 19.8. The lowest BCUT2D eigenvalue weighted by atomic mass is 10.2. The number of ether oxygens (including phenoxy) is 2. The largest absolute Gasteiger partial charge is 0.493 e. The van der Waals surface area contributed by atoms with E-state index in [9.17, 15) is 18.4 Å². The van der Waals surface area contributed by atoms with Crippen molar-refractivity contribution < 1.29 is 27.8 Å². The molecule has 0 aromatic heterocycles. The third-order valence-corrected chi connectivity index (χ3v) is 3.85. The topological polar surface area (TPSA) is 76.7 Å². The average Bonchev–Trinajstić information content (AvgIpc) is 2.65. The van der Waals surface area contributed by atoms with Gasteiger partial charge in [-0.1, -0.05) is 29.8 Å². The van der Waals surface area contributed by atoms with E-state index in [1.54, 1.807) is 24.3 Å². The summed E-state index contributed by atoms with van der Waals surface area (Å²) in [5.41, 5.74) is 0.880. The van der Waals surface area contributed by atoms with Crippen molar-refractivity contribution in [3.05, 3.63) is 58.6 Å². The number of rotatable bonds is 8.